The third kappa shape index (κ3) is 5.12. The summed E-state index contributed by atoms with van der Waals surface area (Å²) in [5, 5.41) is 0. The van der Waals surface area contributed by atoms with Crippen LogP contribution in [0.5, 0.6) is 5.75 Å². The van der Waals surface area contributed by atoms with Crippen LogP contribution in [0.3, 0.4) is 0 Å². The first-order valence-corrected chi connectivity index (χ1v) is 9.13. The number of fused-ring (bicyclic) bond motifs is 1. The molecule has 0 amide bonds. The molecule has 5 heteroatoms. The minimum Gasteiger partial charge on any atom is -0.406 e. The maximum absolute atomic E-state index is 14.6. The lowest BCUT2D eigenvalue weighted by Crippen LogP contribution is -2.18. The Morgan fingerprint density at radius 1 is 1.11 bits per heavy atom. The lowest BCUT2D eigenvalue weighted by Gasteiger charge is -2.26. The van der Waals surface area contributed by atoms with E-state index in [0.717, 1.165) is 29.5 Å². The van der Waals surface area contributed by atoms with Crippen molar-refractivity contribution in [1.82, 2.24) is 0 Å². The van der Waals surface area contributed by atoms with E-state index in [9.17, 15) is 17.6 Å². The van der Waals surface area contributed by atoms with Crippen molar-refractivity contribution in [3.63, 3.8) is 0 Å². The van der Waals surface area contributed by atoms with Gasteiger partial charge in [0.15, 0.2) is 0 Å². The average molecular weight is 378 g/mol. The summed E-state index contributed by atoms with van der Waals surface area (Å²) < 4.78 is 55.7. The molecule has 0 N–H and O–H groups in total. The molecule has 1 aliphatic carbocycles. The molecule has 144 valence electrons. The molecule has 1 unspecified atom stereocenters. The highest BCUT2D eigenvalue weighted by molar-refractivity contribution is 5.40. The van der Waals surface area contributed by atoms with Crippen LogP contribution in [0.2, 0.25) is 0 Å². The van der Waals surface area contributed by atoms with Crippen molar-refractivity contribution in [3.8, 4) is 5.75 Å². The largest absolute Gasteiger partial charge is 0.573 e. The van der Waals surface area contributed by atoms with Gasteiger partial charge >= 0.3 is 6.36 Å². The van der Waals surface area contributed by atoms with E-state index in [-0.39, 0.29) is 17.5 Å². The fourth-order valence-electron chi connectivity index (χ4n) is 3.67. The summed E-state index contributed by atoms with van der Waals surface area (Å²) in [6, 6.07) is 9.87. The Morgan fingerprint density at radius 3 is 2.63 bits per heavy atom. The van der Waals surface area contributed by atoms with Crippen LogP contribution >= 0.6 is 0 Å². The third-order valence-electron chi connectivity index (χ3n) is 4.98. The topological polar surface area (TPSA) is 9.23 Å². The van der Waals surface area contributed by atoms with Gasteiger partial charge in [-0.25, -0.2) is 4.39 Å². The summed E-state index contributed by atoms with van der Waals surface area (Å²) in [6.45, 7) is 1.96. The summed E-state index contributed by atoms with van der Waals surface area (Å²) >= 11 is 0. The van der Waals surface area contributed by atoms with E-state index in [1.54, 1.807) is 12.1 Å². The summed E-state index contributed by atoms with van der Waals surface area (Å²) in [6.07, 6.45) is 2.97. The summed E-state index contributed by atoms with van der Waals surface area (Å²) in [4.78, 5) is 0. The quantitative estimate of drug-likeness (QED) is 0.426. The summed E-state index contributed by atoms with van der Waals surface area (Å²) in [7, 11) is 0. The number of rotatable bonds is 5. The predicted molar refractivity (Wildman–Crippen MR) is 97.4 cm³/mol. The van der Waals surface area contributed by atoms with Crippen molar-refractivity contribution in [2.24, 2.45) is 0 Å². The first-order chi connectivity index (χ1) is 12.9. The molecule has 1 aliphatic rings. The fraction of sp³-hybridized carbons (Fsp3) is 0.364. The maximum atomic E-state index is 14.6. The van der Waals surface area contributed by atoms with E-state index in [4.69, 9.17) is 0 Å². The lowest BCUT2D eigenvalue weighted by atomic mass is 9.79. The molecule has 1 atom stereocenters. The number of halogens is 4. The van der Waals surface area contributed by atoms with Crippen LogP contribution in [0.4, 0.5) is 17.6 Å². The van der Waals surface area contributed by atoms with Gasteiger partial charge in [-0.2, -0.15) is 0 Å². The van der Waals surface area contributed by atoms with Gasteiger partial charge in [-0.05, 0) is 85.4 Å². The van der Waals surface area contributed by atoms with E-state index in [0.29, 0.717) is 24.8 Å². The smallest absolute Gasteiger partial charge is 0.406 e. The first kappa shape index (κ1) is 19.5. The zero-order valence-corrected chi connectivity index (χ0v) is 15.2. The monoisotopic (exact) mass is 378 g/mol. The van der Waals surface area contributed by atoms with Crippen LogP contribution in [-0.4, -0.2) is 6.36 Å². The molecule has 0 saturated heterocycles. The van der Waals surface area contributed by atoms with Crippen molar-refractivity contribution in [1.29, 1.82) is 0 Å². The van der Waals surface area contributed by atoms with Crippen LogP contribution in [0.1, 0.15) is 47.9 Å². The van der Waals surface area contributed by atoms with E-state index < -0.39 is 6.36 Å². The van der Waals surface area contributed by atoms with Crippen LogP contribution in [0.15, 0.2) is 48.6 Å². The van der Waals surface area contributed by atoms with Crippen LogP contribution in [0.25, 0.3) is 0 Å². The Labute approximate surface area is 156 Å². The molecule has 0 aromatic heterocycles. The van der Waals surface area contributed by atoms with Gasteiger partial charge in [0.25, 0.3) is 0 Å². The third-order valence-corrected chi connectivity index (χ3v) is 4.98. The van der Waals surface area contributed by atoms with Crippen LogP contribution in [0, 0.1) is 5.82 Å². The highest BCUT2D eigenvalue weighted by Crippen LogP contribution is 2.36. The maximum Gasteiger partial charge on any atom is 0.573 e. The SMILES string of the molecule is C/C=C/CCc1ccc(C2CCc3cc(OC(F)(F)F)ccc3C2)c(F)c1. The number of hydrogen-bond donors (Lipinski definition) is 0. The van der Waals surface area contributed by atoms with Crippen LogP contribution < -0.4 is 4.74 Å². The Balaban J connectivity index is 1.72. The number of aryl methyl sites for hydroxylation is 2. The van der Waals surface area contributed by atoms with Crippen molar-refractivity contribution in [3.05, 3.63) is 76.6 Å². The Kier molecular flexibility index (Phi) is 5.88. The van der Waals surface area contributed by atoms with Crippen molar-refractivity contribution in [2.45, 2.75) is 51.3 Å². The van der Waals surface area contributed by atoms with Crippen molar-refractivity contribution in [2.75, 3.05) is 0 Å². The molecule has 27 heavy (non-hydrogen) atoms. The molecule has 3 rings (SSSR count). The fourth-order valence-corrected chi connectivity index (χ4v) is 3.67. The second kappa shape index (κ2) is 8.15. The molecule has 0 bridgehead atoms. The highest BCUT2D eigenvalue weighted by Gasteiger charge is 2.31. The Morgan fingerprint density at radius 2 is 1.93 bits per heavy atom. The normalized spacial score (nSPS) is 17.1. The minimum absolute atomic E-state index is 0.0384. The Hall–Kier alpha value is -2.30. The van der Waals surface area contributed by atoms with Gasteiger partial charge in [-0.15, -0.1) is 13.2 Å². The van der Waals surface area contributed by atoms with Gasteiger partial charge in [-0.1, -0.05) is 30.4 Å². The lowest BCUT2D eigenvalue weighted by molar-refractivity contribution is -0.274. The number of hydrogen-bond acceptors (Lipinski definition) is 1. The molecule has 0 spiro atoms. The number of allylic oxidation sites excluding steroid dienone is 2. The highest BCUT2D eigenvalue weighted by atomic mass is 19.4. The second-order valence-electron chi connectivity index (χ2n) is 6.88. The molecule has 0 saturated carbocycles. The molecule has 0 fully saturated rings. The zero-order chi connectivity index (χ0) is 19.4. The molecule has 0 heterocycles. The van der Waals surface area contributed by atoms with Gasteiger partial charge in [0.1, 0.15) is 11.6 Å². The standard InChI is InChI=1S/C22H22F4O/c1-2-3-4-5-15-6-11-20(21(23)12-15)18-8-7-17-14-19(27-22(24,25)26)10-9-16(17)13-18/h2-3,6,9-12,14,18H,4-5,7-8,13H2,1H3/b3-2+. The number of alkyl halides is 3. The molecule has 1 nitrogen and oxygen atoms in total. The van der Waals surface area contributed by atoms with Gasteiger partial charge < -0.3 is 4.74 Å². The molecule has 0 radical (unpaired) electrons. The van der Waals surface area contributed by atoms with Crippen LogP contribution in [-0.2, 0) is 19.3 Å². The van der Waals surface area contributed by atoms with E-state index in [2.05, 4.69) is 10.8 Å². The predicted octanol–water partition coefficient (Wildman–Crippen LogP) is 6.51. The van der Waals surface area contributed by atoms with Crippen molar-refractivity contribution >= 4 is 0 Å². The summed E-state index contributed by atoms with van der Waals surface area (Å²) in [5.74, 6) is -0.355. The average Bonchev–Trinajstić information content (AvgIpc) is 2.60. The second-order valence-corrected chi connectivity index (χ2v) is 6.88. The van der Waals surface area contributed by atoms with Gasteiger partial charge in [0.05, 0.1) is 0 Å². The minimum atomic E-state index is -4.69. The molecule has 2 aromatic carbocycles. The number of benzene rings is 2. The molecular weight excluding hydrogens is 356 g/mol. The van der Waals surface area contributed by atoms with E-state index >= 15 is 0 Å². The van der Waals surface area contributed by atoms with E-state index in [1.165, 1.54) is 12.1 Å². The molecule has 2 aromatic rings. The first-order valence-electron chi connectivity index (χ1n) is 9.13. The molecule has 0 aliphatic heterocycles. The molecular formula is C22H22F4O. The Bertz CT molecular complexity index is 824. The zero-order valence-electron chi connectivity index (χ0n) is 15.2. The van der Waals surface area contributed by atoms with Crippen molar-refractivity contribution < 1.29 is 22.3 Å². The van der Waals surface area contributed by atoms with Gasteiger partial charge in [0.2, 0.25) is 0 Å². The van der Waals surface area contributed by atoms with Gasteiger partial charge in [0, 0.05) is 0 Å². The summed E-state index contributed by atoms with van der Waals surface area (Å²) in [5.41, 5.74) is 3.46. The van der Waals surface area contributed by atoms with E-state index in [1.807, 2.05) is 25.1 Å². The van der Waals surface area contributed by atoms with Gasteiger partial charge in [-0.3, -0.25) is 0 Å². The number of ether oxygens (including phenoxy) is 1.